The Hall–Kier alpha value is -2.76. The number of benzene rings is 1. The Balaban J connectivity index is 2.54. The first-order chi connectivity index (χ1) is 10.7. The number of esters is 1. The average molecular weight is 328 g/mol. The van der Waals surface area contributed by atoms with E-state index >= 15 is 0 Å². The van der Waals surface area contributed by atoms with Crippen LogP contribution in [0, 0.1) is 11.3 Å². The quantitative estimate of drug-likeness (QED) is 0.779. The molecule has 0 spiro atoms. The molecule has 1 aliphatic heterocycles. The molecule has 9 heteroatoms. The van der Waals surface area contributed by atoms with Crippen molar-refractivity contribution in [3.8, 4) is 6.07 Å². The lowest BCUT2D eigenvalue weighted by Crippen LogP contribution is -2.43. The first-order valence-electron chi connectivity index (χ1n) is 6.39. The van der Waals surface area contributed by atoms with Crippen LogP contribution in [0.3, 0.4) is 0 Å². The fourth-order valence-electron chi connectivity index (χ4n) is 2.30. The summed E-state index contributed by atoms with van der Waals surface area (Å²) in [4.78, 5) is 24.5. The number of amides is 1. The van der Waals surface area contributed by atoms with E-state index in [0.29, 0.717) is 6.07 Å². The zero-order valence-electron chi connectivity index (χ0n) is 12.0. The summed E-state index contributed by atoms with van der Waals surface area (Å²) in [6, 6.07) is 2.94. The van der Waals surface area contributed by atoms with Gasteiger partial charge in [-0.05, 0) is 25.1 Å². The molecular formula is C14H11F3N2O4. The van der Waals surface area contributed by atoms with Crippen molar-refractivity contribution in [1.29, 1.82) is 5.26 Å². The highest BCUT2D eigenvalue weighted by Crippen LogP contribution is 2.36. The number of alkyl halides is 3. The van der Waals surface area contributed by atoms with Gasteiger partial charge in [-0.1, -0.05) is 0 Å². The van der Waals surface area contributed by atoms with Crippen LogP contribution in [0.15, 0.2) is 18.2 Å². The highest BCUT2D eigenvalue weighted by atomic mass is 19.4. The Bertz CT molecular complexity index is 696. The predicted octanol–water partition coefficient (Wildman–Crippen LogP) is 2.46. The number of rotatable bonds is 2. The van der Waals surface area contributed by atoms with Crippen molar-refractivity contribution in [2.45, 2.75) is 25.2 Å². The molecule has 0 bridgehead atoms. The lowest BCUT2D eigenvalue weighted by atomic mass is 10.1. The second-order valence-corrected chi connectivity index (χ2v) is 4.77. The molecule has 2 rings (SSSR count). The molecular weight excluding hydrogens is 317 g/mol. The van der Waals surface area contributed by atoms with Crippen LogP contribution < -0.4 is 4.90 Å². The van der Waals surface area contributed by atoms with Gasteiger partial charge >= 0.3 is 18.2 Å². The first kappa shape index (κ1) is 16.6. The molecule has 1 amide bonds. The standard InChI is InChI=1S/C14H11F3N2O4/c1-7-11(12(20)22-2)19(13(21)23-7)9-4-3-8(6-18)10(5-9)14(15,16)17/h3-5,7,11H,1-2H3. The number of methoxy groups -OCH3 is 1. The normalized spacial score (nSPS) is 20.9. The second-order valence-electron chi connectivity index (χ2n) is 4.77. The number of nitriles is 1. The molecule has 6 nitrogen and oxygen atoms in total. The van der Waals surface area contributed by atoms with Gasteiger partial charge in [-0.15, -0.1) is 0 Å². The summed E-state index contributed by atoms with van der Waals surface area (Å²) >= 11 is 0. The van der Waals surface area contributed by atoms with Gasteiger partial charge in [-0.3, -0.25) is 4.90 Å². The van der Waals surface area contributed by atoms with Crippen LogP contribution in [0.25, 0.3) is 0 Å². The smallest absolute Gasteiger partial charge is 0.417 e. The monoisotopic (exact) mass is 328 g/mol. The predicted molar refractivity (Wildman–Crippen MR) is 70.4 cm³/mol. The molecule has 1 saturated heterocycles. The number of cyclic esters (lactones) is 1. The SMILES string of the molecule is COC(=O)C1C(C)OC(=O)N1c1ccc(C#N)c(C(F)(F)F)c1. The molecule has 1 fully saturated rings. The average Bonchev–Trinajstić information content (AvgIpc) is 2.79. The van der Waals surface area contributed by atoms with E-state index in [1.165, 1.54) is 13.0 Å². The molecule has 1 aromatic rings. The Labute approximate surface area is 129 Å². The Morgan fingerprint density at radius 1 is 1.43 bits per heavy atom. The van der Waals surface area contributed by atoms with Crippen LogP contribution in [-0.4, -0.2) is 31.3 Å². The number of carbonyl (C=O) groups excluding carboxylic acids is 2. The topological polar surface area (TPSA) is 79.6 Å². The fourth-order valence-corrected chi connectivity index (χ4v) is 2.30. The number of carbonyl (C=O) groups is 2. The van der Waals surface area contributed by atoms with Gasteiger partial charge in [0.1, 0.15) is 6.10 Å². The molecule has 0 saturated carbocycles. The molecule has 23 heavy (non-hydrogen) atoms. The van der Waals surface area contributed by atoms with Gasteiger partial charge in [0, 0.05) is 5.69 Å². The Kier molecular flexibility index (Phi) is 4.18. The molecule has 0 radical (unpaired) electrons. The fraction of sp³-hybridized carbons (Fsp3) is 0.357. The summed E-state index contributed by atoms with van der Waals surface area (Å²) in [6.45, 7) is 1.42. The third kappa shape index (κ3) is 2.92. The van der Waals surface area contributed by atoms with E-state index in [4.69, 9.17) is 10.00 Å². The van der Waals surface area contributed by atoms with Crippen molar-refractivity contribution >= 4 is 17.7 Å². The highest BCUT2D eigenvalue weighted by molar-refractivity contribution is 5.99. The zero-order valence-corrected chi connectivity index (χ0v) is 12.0. The number of nitrogens with zero attached hydrogens (tertiary/aromatic N) is 2. The van der Waals surface area contributed by atoms with Crippen molar-refractivity contribution in [2.24, 2.45) is 0 Å². The van der Waals surface area contributed by atoms with E-state index in [1.54, 1.807) is 0 Å². The molecule has 1 aliphatic rings. The molecule has 1 heterocycles. The molecule has 0 N–H and O–H groups in total. The van der Waals surface area contributed by atoms with Crippen molar-refractivity contribution < 1.29 is 32.2 Å². The number of anilines is 1. The van der Waals surface area contributed by atoms with Crippen molar-refractivity contribution in [3.05, 3.63) is 29.3 Å². The lowest BCUT2D eigenvalue weighted by Gasteiger charge is -2.22. The minimum atomic E-state index is -4.78. The molecule has 2 atom stereocenters. The van der Waals surface area contributed by atoms with Crippen molar-refractivity contribution in [3.63, 3.8) is 0 Å². The van der Waals surface area contributed by atoms with Gasteiger partial charge < -0.3 is 9.47 Å². The maximum Gasteiger partial charge on any atom is 0.417 e. The van der Waals surface area contributed by atoms with Crippen LogP contribution in [0.5, 0.6) is 0 Å². The summed E-state index contributed by atoms with van der Waals surface area (Å²) in [5, 5.41) is 8.78. The number of ether oxygens (including phenoxy) is 2. The number of hydrogen-bond acceptors (Lipinski definition) is 5. The third-order valence-electron chi connectivity index (χ3n) is 3.36. The highest BCUT2D eigenvalue weighted by Gasteiger charge is 2.46. The Morgan fingerprint density at radius 2 is 2.09 bits per heavy atom. The molecule has 0 aromatic heterocycles. The van der Waals surface area contributed by atoms with Gasteiger partial charge in [0.25, 0.3) is 0 Å². The van der Waals surface area contributed by atoms with E-state index in [0.717, 1.165) is 24.1 Å². The van der Waals surface area contributed by atoms with Crippen LogP contribution in [0.4, 0.5) is 23.7 Å². The summed E-state index contributed by atoms with van der Waals surface area (Å²) in [5.41, 5.74) is -1.99. The van der Waals surface area contributed by atoms with E-state index in [2.05, 4.69) is 4.74 Å². The maximum absolute atomic E-state index is 13.0. The van der Waals surface area contributed by atoms with Crippen molar-refractivity contribution in [2.75, 3.05) is 12.0 Å². The van der Waals surface area contributed by atoms with E-state index < -0.39 is 41.5 Å². The first-order valence-corrected chi connectivity index (χ1v) is 6.39. The molecule has 122 valence electrons. The summed E-state index contributed by atoms with van der Waals surface area (Å²) in [5.74, 6) is -0.818. The van der Waals surface area contributed by atoms with E-state index in [1.807, 2.05) is 0 Å². The minimum Gasteiger partial charge on any atom is -0.467 e. The molecule has 2 unspecified atom stereocenters. The van der Waals surface area contributed by atoms with Gasteiger partial charge in [0.05, 0.1) is 24.3 Å². The third-order valence-corrected chi connectivity index (χ3v) is 3.36. The molecule has 1 aromatic carbocycles. The van der Waals surface area contributed by atoms with Crippen LogP contribution in [-0.2, 0) is 20.4 Å². The maximum atomic E-state index is 13.0. The van der Waals surface area contributed by atoms with E-state index in [9.17, 15) is 22.8 Å². The van der Waals surface area contributed by atoms with Gasteiger partial charge in [-0.25, -0.2) is 9.59 Å². The van der Waals surface area contributed by atoms with Crippen LogP contribution in [0.1, 0.15) is 18.1 Å². The number of hydrogen-bond donors (Lipinski definition) is 0. The lowest BCUT2D eigenvalue weighted by molar-refractivity contribution is -0.143. The molecule has 0 aliphatic carbocycles. The summed E-state index contributed by atoms with van der Waals surface area (Å²) in [6.07, 6.45) is -6.64. The summed E-state index contributed by atoms with van der Waals surface area (Å²) in [7, 11) is 1.09. The van der Waals surface area contributed by atoms with Gasteiger partial charge in [0.15, 0.2) is 6.04 Å². The van der Waals surface area contributed by atoms with Gasteiger partial charge in [-0.2, -0.15) is 18.4 Å². The second kappa shape index (κ2) is 5.79. The Morgan fingerprint density at radius 3 is 2.61 bits per heavy atom. The summed E-state index contributed by atoms with van der Waals surface area (Å²) < 4.78 is 48.5. The minimum absolute atomic E-state index is 0.207. The van der Waals surface area contributed by atoms with Crippen LogP contribution >= 0.6 is 0 Å². The van der Waals surface area contributed by atoms with E-state index in [-0.39, 0.29) is 5.69 Å². The van der Waals surface area contributed by atoms with Crippen LogP contribution in [0.2, 0.25) is 0 Å². The van der Waals surface area contributed by atoms with Gasteiger partial charge in [0.2, 0.25) is 0 Å². The largest absolute Gasteiger partial charge is 0.467 e. The van der Waals surface area contributed by atoms with Crippen molar-refractivity contribution in [1.82, 2.24) is 0 Å². The zero-order chi connectivity index (χ0) is 17.4. The number of halogens is 3.